The third kappa shape index (κ3) is 5.43. The van der Waals surface area contributed by atoms with Crippen molar-refractivity contribution in [1.29, 1.82) is 0 Å². The molecule has 1 aliphatic heterocycles. The molecule has 1 saturated carbocycles. The van der Waals surface area contributed by atoms with E-state index in [1.54, 1.807) is 0 Å². The summed E-state index contributed by atoms with van der Waals surface area (Å²) >= 11 is 0. The molecule has 4 rings (SSSR count). The molecule has 148 valence electrons. The van der Waals surface area contributed by atoms with Gasteiger partial charge in [0.25, 0.3) is 0 Å². The lowest BCUT2D eigenvalue weighted by molar-refractivity contribution is 0.707. The second kappa shape index (κ2) is 10.1. The third-order valence-electron chi connectivity index (χ3n) is 4.86. The van der Waals surface area contributed by atoms with Crippen LogP contribution in [0.2, 0.25) is 0 Å². The predicted molar refractivity (Wildman–Crippen MR) is 115 cm³/mol. The molecule has 2 aromatic heterocycles. The Kier molecular flexibility index (Phi) is 8.07. The molecule has 6 nitrogen and oxygen atoms in total. The zero-order chi connectivity index (χ0) is 17.1. The Morgan fingerprint density at radius 2 is 1.78 bits per heavy atom. The van der Waals surface area contributed by atoms with Crippen LogP contribution >= 0.6 is 24.8 Å². The summed E-state index contributed by atoms with van der Waals surface area (Å²) in [5.74, 6) is 3.61. The lowest BCUT2D eigenvalue weighted by atomic mass is 10.1. The van der Waals surface area contributed by atoms with Crippen molar-refractivity contribution in [3.8, 4) is 0 Å². The molecule has 0 saturated heterocycles. The minimum atomic E-state index is 0. The van der Waals surface area contributed by atoms with E-state index in [2.05, 4.69) is 33.9 Å². The van der Waals surface area contributed by atoms with E-state index in [1.165, 1.54) is 29.7 Å². The molecule has 3 N–H and O–H groups in total. The number of nitrogens with one attached hydrogen (secondary N) is 3. The first-order valence-corrected chi connectivity index (χ1v) is 9.31. The molecule has 0 bridgehead atoms. The van der Waals surface area contributed by atoms with Crippen molar-refractivity contribution < 1.29 is 0 Å². The highest BCUT2D eigenvalue weighted by Gasteiger charge is 2.28. The summed E-state index contributed by atoms with van der Waals surface area (Å²) in [6.45, 7) is 5.71. The van der Waals surface area contributed by atoms with Gasteiger partial charge >= 0.3 is 0 Å². The zero-order valence-corrected chi connectivity index (χ0v) is 17.3. The van der Waals surface area contributed by atoms with Crippen molar-refractivity contribution in [3.63, 3.8) is 0 Å². The Morgan fingerprint density at radius 3 is 2.52 bits per heavy atom. The number of pyridine rings is 1. The number of anilines is 2. The number of aromatic nitrogens is 3. The highest BCUT2D eigenvalue weighted by Crippen LogP contribution is 2.39. The zero-order valence-electron chi connectivity index (χ0n) is 15.6. The van der Waals surface area contributed by atoms with Crippen molar-refractivity contribution in [2.45, 2.75) is 38.5 Å². The third-order valence-corrected chi connectivity index (χ3v) is 4.86. The molecule has 8 heteroatoms. The number of hydrogen-bond acceptors (Lipinski definition) is 6. The highest BCUT2D eigenvalue weighted by molar-refractivity contribution is 5.85. The summed E-state index contributed by atoms with van der Waals surface area (Å²) in [4.78, 5) is 14.1. The summed E-state index contributed by atoms with van der Waals surface area (Å²) in [6, 6.07) is 4.03. The molecular formula is C19H28Cl2N6. The molecule has 0 atom stereocenters. The van der Waals surface area contributed by atoms with Crippen LogP contribution in [0.3, 0.4) is 0 Å². The predicted octanol–water partition coefficient (Wildman–Crippen LogP) is 3.11. The summed E-state index contributed by atoms with van der Waals surface area (Å²) in [5.41, 5.74) is 3.70. The van der Waals surface area contributed by atoms with E-state index in [1.807, 2.05) is 12.3 Å². The van der Waals surface area contributed by atoms with E-state index in [0.29, 0.717) is 5.92 Å². The Labute approximate surface area is 173 Å². The maximum Gasteiger partial charge on any atom is 0.134 e. The number of nitrogens with zero attached hydrogens (tertiary/aromatic N) is 3. The van der Waals surface area contributed by atoms with Gasteiger partial charge in [0.05, 0.1) is 5.69 Å². The van der Waals surface area contributed by atoms with Crippen molar-refractivity contribution >= 4 is 36.4 Å². The van der Waals surface area contributed by atoms with E-state index < -0.39 is 0 Å². The van der Waals surface area contributed by atoms with Gasteiger partial charge < -0.3 is 16.0 Å². The van der Waals surface area contributed by atoms with E-state index in [-0.39, 0.29) is 24.8 Å². The smallest absolute Gasteiger partial charge is 0.134 e. The Bertz CT molecular complexity index is 751. The summed E-state index contributed by atoms with van der Waals surface area (Å²) < 4.78 is 0. The molecular weight excluding hydrogens is 383 g/mol. The van der Waals surface area contributed by atoms with Gasteiger partial charge in [0.2, 0.25) is 0 Å². The van der Waals surface area contributed by atoms with Crippen LogP contribution in [0.4, 0.5) is 11.6 Å². The molecule has 0 unspecified atom stereocenters. The monoisotopic (exact) mass is 410 g/mol. The second-order valence-corrected chi connectivity index (χ2v) is 6.90. The SMILES string of the molecule is Cc1cccnc1NCCNc1nc(C2CC2)nc2c1CCNCC2.Cl.Cl. The van der Waals surface area contributed by atoms with Gasteiger partial charge in [-0.1, -0.05) is 6.07 Å². The van der Waals surface area contributed by atoms with Crippen molar-refractivity contribution in [3.05, 3.63) is 41.0 Å². The standard InChI is InChI=1S/C19H26N6.2ClH/c1-13-3-2-8-21-17(13)22-11-12-23-19-15-6-9-20-10-7-16(15)24-18(25-19)14-4-5-14;;/h2-3,8,14,20H,4-7,9-12H2,1H3,(H,21,22)(H,23,24,25);2*1H. The molecule has 3 heterocycles. The Morgan fingerprint density at radius 1 is 1.04 bits per heavy atom. The van der Waals surface area contributed by atoms with E-state index in [0.717, 1.165) is 56.5 Å². The highest BCUT2D eigenvalue weighted by atomic mass is 35.5. The molecule has 27 heavy (non-hydrogen) atoms. The van der Waals surface area contributed by atoms with Crippen LogP contribution in [0.5, 0.6) is 0 Å². The molecule has 1 aliphatic carbocycles. The normalized spacial score (nSPS) is 15.6. The van der Waals surface area contributed by atoms with Gasteiger partial charge in [-0.05, 0) is 44.4 Å². The molecule has 0 spiro atoms. The van der Waals surface area contributed by atoms with Crippen LogP contribution in [0.1, 0.15) is 41.4 Å². The van der Waals surface area contributed by atoms with Crippen LogP contribution in [-0.2, 0) is 12.8 Å². The lowest BCUT2D eigenvalue weighted by Gasteiger charge is -2.15. The van der Waals surface area contributed by atoms with Crippen molar-refractivity contribution in [2.24, 2.45) is 0 Å². The van der Waals surface area contributed by atoms with Crippen LogP contribution in [0, 0.1) is 6.92 Å². The number of hydrogen-bond donors (Lipinski definition) is 3. The fourth-order valence-electron chi connectivity index (χ4n) is 3.27. The topological polar surface area (TPSA) is 74.8 Å². The van der Waals surface area contributed by atoms with E-state index in [9.17, 15) is 0 Å². The van der Waals surface area contributed by atoms with Gasteiger partial charge in [-0.25, -0.2) is 15.0 Å². The molecule has 0 aromatic carbocycles. The maximum atomic E-state index is 4.87. The number of fused-ring (bicyclic) bond motifs is 1. The average molecular weight is 411 g/mol. The maximum absolute atomic E-state index is 4.87. The Hall–Kier alpha value is -1.63. The molecule has 0 radical (unpaired) electrons. The first kappa shape index (κ1) is 21.7. The molecule has 2 aromatic rings. The van der Waals surface area contributed by atoms with Gasteiger partial charge in [0.1, 0.15) is 17.5 Å². The van der Waals surface area contributed by atoms with Gasteiger partial charge in [-0.2, -0.15) is 0 Å². The van der Waals surface area contributed by atoms with Gasteiger partial charge in [0, 0.05) is 43.7 Å². The fraction of sp³-hybridized carbons (Fsp3) is 0.526. The largest absolute Gasteiger partial charge is 0.368 e. The number of rotatable bonds is 6. The first-order valence-electron chi connectivity index (χ1n) is 9.31. The summed E-state index contributed by atoms with van der Waals surface area (Å²) in [6.07, 6.45) is 6.28. The van der Waals surface area contributed by atoms with Gasteiger partial charge in [-0.3, -0.25) is 0 Å². The van der Waals surface area contributed by atoms with Gasteiger partial charge in [0.15, 0.2) is 0 Å². The quantitative estimate of drug-likeness (QED) is 0.635. The lowest BCUT2D eigenvalue weighted by Crippen LogP contribution is -2.18. The van der Waals surface area contributed by atoms with Crippen LogP contribution in [0.25, 0.3) is 0 Å². The summed E-state index contributed by atoms with van der Waals surface area (Å²) in [5, 5.41) is 10.4. The number of aryl methyl sites for hydroxylation is 1. The van der Waals surface area contributed by atoms with Crippen molar-refractivity contribution in [2.75, 3.05) is 36.8 Å². The molecule has 2 aliphatic rings. The van der Waals surface area contributed by atoms with Crippen LogP contribution < -0.4 is 16.0 Å². The minimum absolute atomic E-state index is 0. The average Bonchev–Trinajstić information content (AvgIpc) is 3.46. The van der Waals surface area contributed by atoms with E-state index in [4.69, 9.17) is 9.97 Å². The minimum Gasteiger partial charge on any atom is -0.368 e. The Balaban J connectivity index is 0.00000131. The van der Waals surface area contributed by atoms with Crippen molar-refractivity contribution in [1.82, 2.24) is 20.3 Å². The van der Waals surface area contributed by atoms with Crippen LogP contribution in [0.15, 0.2) is 18.3 Å². The summed E-state index contributed by atoms with van der Waals surface area (Å²) in [7, 11) is 0. The van der Waals surface area contributed by atoms with Gasteiger partial charge in [-0.15, -0.1) is 24.8 Å². The van der Waals surface area contributed by atoms with E-state index >= 15 is 0 Å². The fourth-order valence-corrected chi connectivity index (χ4v) is 3.27. The molecule has 1 fully saturated rings. The second-order valence-electron chi connectivity index (χ2n) is 6.90. The molecule has 0 amide bonds. The van der Waals surface area contributed by atoms with Crippen LogP contribution in [-0.4, -0.2) is 41.1 Å². The first-order chi connectivity index (χ1) is 12.3. The number of halogens is 2.